The van der Waals surface area contributed by atoms with Crippen molar-refractivity contribution in [3.8, 4) is 0 Å². The molecule has 1 aromatic carbocycles. The number of esters is 1. The topological polar surface area (TPSA) is 76.7 Å². The van der Waals surface area contributed by atoms with Crippen molar-refractivity contribution in [1.82, 2.24) is 5.32 Å². The van der Waals surface area contributed by atoms with Gasteiger partial charge in [-0.3, -0.25) is 0 Å². The highest BCUT2D eigenvalue weighted by atomic mass is 35.5. The highest BCUT2D eigenvalue weighted by Crippen LogP contribution is 2.40. The summed E-state index contributed by atoms with van der Waals surface area (Å²) in [6.45, 7) is 5.31. The molecule has 6 nitrogen and oxygen atoms in total. The highest BCUT2D eigenvalue weighted by Gasteiger charge is 2.35. The van der Waals surface area contributed by atoms with E-state index in [1.165, 1.54) is 7.11 Å². The predicted molar refractivity (Wildman–Crippen MR) is 92.6 cm³/mol. The number of hydrogen-bond acceptors (Lipinski definition) is 5. The van der Waals surface area contributed by atoms with Gasteiger partial charge in [-0.1, -0.05) is 23.2 Å². The molecule has 0 aromatic heterocycles. The molecule has 0 saturated carbocycles. The summed E-state index contributed by atoms with van der Waals surface area (Å²) in [7, 11) is 1.31. The fourth-order valence-corrected chi connectivity index (χ4v) is 3.16. The van der Waals surface area contributed by atoms with Crippen LogP contribution in [0, 0.1) is 0 Å². The Kier molecular flexibility index (Phi) is 5.50. The van der Waals surface area contributed by atoms with Crippen LogP contribution in [0.25, 0.3) is 0 Å². The molecule has 0 saturated heterocycles. The summed E-state index contributed by atoms with van der Waals surface area (Å²) < 4.78 is 10.1. The third-order valence-corrected chi connectivity index (χ3v) is 3.95. The van der Waals surface area contributed by atoms with Gasteiger partial charge < -0.3 is 20.1 Å². The van der Waals surface area contributed by atoms with Crippen molar-refractivity contribution in [3.05, 3.63) is 27.7 Å². The number of ether oxygens (including phenoxy) is 2. The van der Waals surface area contributed by atoms with Crippen LogP contribution in [0.1, 0.15) is 38.8 Å². The van der Waals surface area contributed by atoms with Crippen LogP contribution in [-0.2, 0) is 14.3 Å². The van der Waals surface area contributed by atoms with Crippen LogP contribution in [0.5, 0.6) is 0 Å². The third-order valence-electron chi connectivity index (χ3n) is 3.42. The molecule has 1 heterocycles. The zero-order chi connectivity index (χ0) is 18.1. The van der Waals surface area contributed by atoms with Gasteiger partial charge >= 0.3 is 12.1 Å². The maximum absolute atomic E-state index is 12.1. The van der Waals surface area contributed by atoms with Crippen LogP contribution in [0.3, 0.4) is 0 Å². The minimum absolute atomic E-state index is 0.278. The summed E-state index contributed by atoms with van der Waals surface area (Å²) in [5, 5.41) is 6.63. The number of halogens is 2. The van der Waals surface area contributed by atoms with Crippen molar-refractivity contribution in [2.45, 2.75) is 44.9 Å². The summed E-state index contributed by atoms with van der Waals surface area (Å²) in [4.78, 5) is 24.0. The van der Waals surface area contributed by atoms with Gasteiger partial charge in [0.1, 0.15) is 11.6 Å². The average molecular weight is 375 g/mol. The number of methoxy groups -OCH3 is 1. The fraction of sp³-hybridized carbons (Fsp3) is 0.500. The Bertz CT molecular complexity index is 658. The molecule has 1 aliphatic heterocycles. The number of anilines is 1. The smallest absolute Gasteiger partial charge is 0.408 e. The molecule has 1 aromatic rings. The van der Waals surface area contributed by atoms with E-state index in [1.807, 2.05) is 0 Å². The van der Waals surface area contributed by atoms with Crippen molar-refractivity contribution in [2.24, 2.45) is 0 Å². The lowest BCUT2D eigenvalue weighted by molar-refractivity contribution is -0.141. The van der Waals surface area contributed by atoms with E-state index < -0.39 is 29.7 Å². The Morgan fingerprint density at radius 3 is 2.54 bits per heavy atom. The molecule has 0 bridgehead atoms. The number of alkyl carbamates (subject to hydrolysis) is 1. The number of hydrogen-bond donors (Lipinski definition) is 2. The van der Waals surface area contributed by atoms with Gasteiger partial charge in [0.25, 0.3) is 0 Å². The molecule has 0 aliphatic carbocycles. The SMILES string of the molecule is COC(=O)[C@@H]1C[C@@H](NC(=O)OC(C)(C)C)c2c(Cl)cc(Cl)cc2N1. The van der Waals surface area contributed by atoms with Crippen molar-refractivity contribution < 1.29 is 19.1 Å². The molecular formula is C16H20Cl2N2O4. The van der Waals surface area contributed by atoms with E-state index in [4.69, 9.17) is 32.7 Å². The van der Waals surface area contributed by atoms with E-state index in [9.17, 15) is 9.59 Å². The molecule has 0 radical (unpaired) electrons. The molecule has 1 amide bonds. The Morgan fingerprint density at radius 2 is 1.96 bits per heavy atom. The first kappa shape index (κ1) is 18.7. The van der Waals surface area contributed by atoms with Gasteiger partial charge in [-0.15, -0.1) is 0 Å². The summed E-state index contributed by atoms with van der Waals surface area (Å²) in [5.74, 6) is -0.437. The zero-order valence-corrected chi connectivity index (χ0v) is 15.4. The molecule has 24 heavy (non-hydrogen) atoms. The Balaban J connectivity index is 2.32. The molecule has 0 unspecified atom stereocenters. The lowest BCUT2D eigenvalue weighted by Gasteiger charge is -2.33. The summed E-state index contributed by atoms with van der Waals surface area (Å²) in [6, 6.07) is 2.11. The summed E-state index contributed by atoms with van der Waals surface area (Å²) in [5.41, 5.74) is 0.605. The molecule has 0 spiro atoms. The second kappa shape index (κ2) is 7.07. The molecule has 1 aliphatic rings. The summed E-state index contributed by atoms with van der Waals surface area (Å²) >= 11 is 12.3. The van der Waals surface area contributed by atoms with Crippen LogP contribution in [0.2, 0.25) is 10.0 Å². The van der Waals surface area contributed by atoms with Crippen LogP contribution in [0.15, 0.2) is 12.1 Å². The van der Waals surface area contributed by atoms with E-state index >= 15 is 0 Å². The molecule has 0 fully saturated rings. The van der Waals surface area contributed by atoms with E-state index in [2.05, 4.69) is 10.6 Å². The normalized spacial score (nSPS) is 19.8. The quantitative estimate of drug-likeness (QED) is 0.767. The van der Waals surface area contributed by atoms with Crippen molar-refractivity contribution in [1.29, 1.82) is 0 Å². The molecule has 2 N–H and O–H groups in total. The number of benzene rings is 1. The number of rotatable bonds is 2. The van der Waals surface area contributed by atoms with Crippen LogP contribution < -0.4 is 10.6 Å². The van der Waals surface area contributed by atoms with Gasteiger partial charge in [-0.05, 0) is 32.9 Å². The Labute approximate surface area is 150 Å². The summed E-state index contributed by atoms with van der Waals surface area (Å²) in [6.07, 6.45) is -0.310. The van der Waals surface area contributed by atoms with Gasteiger partial charge in [-0.2, -0.15) is 0 Å². The largest absolute Gasteiger partial charge is 0.467 e. The van der Waals surface area contributed by atoms with Crippen LogP contribution in [-0.4, -0.2) is 30.8 Å². The van der Waals surface area contributed by atoms with Crippen molar-refractivity contribution >= 4 is 41.0 Å². The van der Waals surface area contributed by atoms with Gasteiger partial charge in [0, 0.05) is 27.7 Å². The number of amides is 1. The number of carbonyl (C=O) groups excluding carboxylic acids is 2. The second-order valence-electron chi connectivity index (χ2n) is 6.50. The second-order valence-corrected chi connectivity index (χ2v) is 7.35. The molecule has 2 rings (SSSR count). The highest BCUT2D eigenvalue weighted by molar-refractivity contribution is 6.35. The third kappa shape index (κ3) is 4.45. The van der Waals surface area contributed by atoms with Crippen molar-refractivity contribution in [2.75, 3.05) is 12.4 Å². The monoisotopic (exact) mass is 374 g/mol. The standard InChI is InChI=1S/C16H20Cl2N2O4/c1-16(2,3)24-15(22)20-11-7-12(14(21)23-4)19-10-6-8(17)5-9(18)13(10)11/h5-6,11-12,19H,7H2,1-4H3,(H,20,22)/t11-,12+/m1/s1. The Hall–Kier alpha value is -1.66. The molecule has 2 atom stereocenters. The average Bonchev–Trinajstić information content (AvgIpc) is 2.42. The van der Waals surface area contributed by atoms with Gasteiger partial charge in [0.2, 0.25) is 0 Å². The van der Waals surface area contributed by atoms with Crippen LogP contribution in [0.4, 0.5) is 10.5 Å². The lowest BCUT2D eigenvalue weighted by atomic mass is 9.93. The Morgan fingerprint density at radius 1 is 1.29 bits per heavy atom. The predicted octanol–water partition coefficient (Wildman–Crippen LogP) is 3.92. The van der Waals surface area contributed by atoms with Crippen molar-refractivity contribution in [3.63, 3.8) is 0 Å². The molecule has 8 heteroatoms. The molecule has 132 valence electrons. The van der Waals surface area contributed by atoms with E-state index in [0.29, 0.717) is 21.3 Å². The first-order valence-electron chi connectivity index (χ1n) is 7.43. The number of carbonyl (C=O) groups is 2. The van der Waals surface area contributed by atoms with Gasteiger partial charge in [0.05, 0.1) is 13.2 Å². The van der Waals surface area contributed by atoms with E-state index in [1.54, 1.807) is 32.9 Å². The minimum Gasteiger partial charge on any atom is -0.467 e. The van der Waals surface area contributed by atoms with Crippen LogP contribution >= 0.6 is 23.2 Å². The van der Waals surface area contributed by atoms with E-state index in [-0.39, 0.29) is 6.42 Å². The minimum atomic E-state index is -0.634. The first-order valence-corrected chi connectivity index (χ1v) is 8.19. The number of nitrogens with one attached hydrogen (secondary N) is 2. The lowest BCUT2D eigenvalue weighted by Crippen LogP contribution is -2.43. The first-order chi connectivity index (χ1) is 11.1. The van der Waals surface area contributed by atoms with Gasteiger partial charge in [-0.25, -0.2) is 9.59 Å². The fourth-order valence-electron chi connectivity index (χ4n) is 2.54. The van der Waals surface area contributed by atoms with E-state index in [0.717, 1.165) is 0 Å². The molecular weight excluding hydrogens is 355 g/mol. The maximum Gasteiger partial charge on any atom is 0.408 e. The van der Waals surface area contributed by atoms with Gasteiger partial charge in [0.15, 0.2) is 0 Å². The maximum atomic E-state index is 12.1. The number of fused-ring (bicyclic) bond motifs is 1. The zero-order valence-electron chi connectivity index (χ0n) is 13.9.